The van der Waals surface area contributed by atoms with Crippen molar-refractivity contribution in [2.75, 3.05) is 0 Å². The molecular formula is C14H14ClNO2. The normalized spacial score (nSPS) is 10.9. The molecule has 0 radical (unpaired) electrons. The van der Waals surface area contributed by atoms with Crippen LogP contribution in [0.3, 0.4) is 0 Å². The zero-order valence-electron chi connectivity index (χ0n) is 10.5. The predicted octanol–water partition coefficient (Wildman–Crippen LogP) is 4.14. The van der Waals surface area contributed by atoms with Gasteiger partial charge in [0.2, 0.25) is 0 Å². The summed E-state index contributed by atoms with van der Waals surface area (Å²) >= 11 is 6.13. The third kappa shape index (κ3) is 2.18. The summed E-state index contributed by atoms with van der Waals surface area (Å²) in [6, 6.07) is 7.29. The van der Waals surface area contributed by atoms with Gasteiger partial charge >= 0.3 is 0 Å². The van der Waals surface area contributed by atoms with Gasteiger partial charge in [0.15, 0.2) is 5.78 Å². The maximum atomic E-state index is 12.2. The molecule has 4 heteroatoms. The first-order valence-electron chi connectivity index (χ1n) is 5.77. The minimum Gasteiger partial charge on any atom is -0.360 e. The van der Waals surface area contributed by atoms with E-state index in [-0.39, 0.29) is 11.7 Å². The van der Waals surface area contributed by atoms with E-state index in [1.165, 1.54) is 0 Å². The van der Waals surface area contributed by atoms with Crippen LogP contribution in [0.4, 0.5) is 0 Å². The number of carbonyl (C=O) groups is 1. The molecule has 0 saturated heterocycles. The highest BCUT2D eigenvalue weighted by Crippen LogP contribution is 2.32. The molecule has 94 valence electrons. The molecule has 1 heterocycles. The molecule has 0 aliphatic carbocycles. The lowest BCUT2D eigenvalue weighted by Crippen LogP contribution is -2.09. The van der Waals surface area contributed by atoms with E-state index in [2.05, 4.69) is 5.16 Å². The van der Waals surface area contributed by atoms with Crippen molar-refractivity contribution in [1.82, 2.24) is 5.16 Å². The Hall–Kier alpha value is -1.61. The predicted molar refractivity (Wildman–Crippen MR) is 70.9 cm³/mol. The number of carbonyl (C=O) groups excluding carboxylic acids is 1. The molecule has 1 aromatic heterocycles. The molecule has 0 saturated carbocycles. The minimum atomic E-state index is -0.107. The van der Waals surface area contributed by atoms with Crippen LogP contribution in [0.2, 0.25) is 5.02 Å². The van der Waals surface area contributed by atoms with Gasteiger partial charge in [-0.15, -0.1) is 0 Å². The van der Waals surface area contributed by atoms with Gasteiger partial charge in [0.05, 0.1) is 10.6 Å². The molecule has 0 aliphatic rings. The van der Waals surface area contributed by atoms with E-state index < -0.39 is 0 Å². The van der Waals surface area contributed by atoms with Gasteiger partial charge in [0.1, 0.15) is 11.5 Å². The minimum absolute atomic E-state index is 0.0173. The fourth-order valence-corrected chi connectivity index (χ4v) is 2.01. The Kier molecular flexibility index (Phi) is 3.53. The van der Waals surface area contributed by atoms with Crippen LogP contribution in [-0.4, -0.2) is 10.9 Å². The van der Waals surface area contributed by atoms with Crippen molar-refractivity contribution in [1.29, 1.82) is 0 Å². The van der Waals surface area contributed by atoms with E-state index in [0.29, 0.717) is 22.0 Å². The van der Waals surface area contributed by atoms with Crippen LogP contribution >= 0.6 is 11.6 Å². The first-order chi connectivity index (χ1) is 8.52. The highest BCUT2D eigenvalue weighted by atomic mass is 35.5. The van der Waals surface area contributed by atoms with E-state index in [0.717, 1.165) is 5.56 Å². The topological polar surface area (TPSA) is 43.1 Å². The lowest BCUT2D eigenvalue weighted by molar-refractivity contribution is 0.0938. The van der Waals surface area contributed by atoms with E-state index in [4.69, 9.17) is 16.1 Å². The number of ketones is 1. The molecule has 0 amide bonds. The van der Waals surface area contributed by atoms with Gasteiger partial charge in [-0.25, -0.2) is 0 Å². The summed E-state index contributed by atoms with van der Waals surface area (Å²) in [5.74, 6) is 0.441. The number of rotatable bonds is 3. The first kappa shape index (κ1) is 12.8. The van der Waals surface area contributed by atoms with Gasteiger partial charge in [-0.05, 0) is 13.0 Å². The SMILES string of the molecule is Cc1onc(-c2ccccc2Cl)c1C(=O)C(C)C. The summed E-state index contributed by atoms with van der Waals surface area (Å²) in [7, 11) is 0. The van der Waals surface area contributed by atoms with Crippen molar-refractivity contribution in [3.05, 3.63) is 40.6 Å². The van der Waals surface area contributed by atoms with Crippen LogP contribution in [0, 0.1) is 12.8 Å². The molecule has 0 spiro atoms. The van der Waals surface area contributed by atoms with E-state index in [1.807, 2.05) is 32.0 Å². The largest absolute Gasteiger partial charge is 0.360 e. The molecule has 0 bridgehead atoms. The highest BCUT2D eigenvalue weighted by molar-refractivity contribution is 6.33. The molecule has 0 fully saturated rings. The fourth-order valence-electron chi connectivity index (χ4n) is 1.79. The molecule has 3 nitrogen and oxygen atoms in total. The Balaban J connectivity index is 2.60. The molecule has 0 N–H and O–H groups in total. The Bertz CT molecular complexity index is 587. The van der Waals surface area contributed by atoms with Crippen LogP contribution in [0.1, 0.15) is 30.0 Å². The van der Waals surface area contributed by atoms with Crippen molar-refractivity contribution in [2.24, 2.45) is 5.92 Å². The van der Waals surface area contributed by atoms with E-state index in [9.17, 15) is 4.79 Å². The van der Waals surface area contributed by atoms with E-state index >= 15 is 0 Å². The van der Waals surface area contributed by atoms with Crippen LogP contribution < -0.4 is 0 Å². The molecule has 18 heavy (non-hydrogen) atoms. The summed E-state index contributed by atoms with van der Waals surface area (Å²) in [5.41, 5.74) is 1.77. The molecule has 1 aromatic carbocycles. The maximum absolute atomic E-state index is 12.2. The van der Waals surface area contributed by atoms with Crippen LogP contribution in [-0.2, 0) is 0 Å². The van der Waals surface area contributed by atoms with Crippen molar-refractivity contribution in [3.63, 3.8) is 0 Å². The first-order valence-corrected chi connectivity index (χ1v) is 6.15. The summed E-state index contributed by atoms with van der Waals surface area (Å²) in [4.78, 5) is 12.2. The second kappa shape index (κ2) is 4.94. The Morgan fingerprint density at radius 3 is 2.61 bits per heavy atom. The van der Waals surface area contributed by atoms with Gasteiger partial charge < -0.3 is 4.52 Å². The number of benzene rings is 1. The number of aryl methyl sites for hydroxylation is 1. The number of nitrogens with zero attached hydrogens (tertiary/aromatic N) is 1. The fraction of sp³-hybridized carbons (Fsp3) is 0.286. The smallest absolute Gasteiger partial charge is 0.171 e. The quantitative estimate of drug-likeness (QED) is 0.782. The molecule has 0 unspecified atom stereocenters. The van der Waals surface area contributed by atoms with Gasteiger partial charge in [-0.2, -0.15) is 0 Å². The zero-order valence-corrected chi connectivity index (χ0v) is 11.3. The molecule has 2 rings (SSSR count). The summed E-state index contributed by atoms with van der Waals surface area (Å²) in [6.07, 6.45) is 0. The van der Waals surface area contributed by atoms with E-state index in [1.54, 1.807) is 13.0 Å². The third-order valence-corrected chi connectivity index (χ3v) is 3.09. The standard InChI is InChI=1S/C14H14ClNO2/c1-8(2)14(17)12-9(3)18-16-13(12)10-6-4-5-7-11(10)15/h4-8H,1-3H3. The van der Waals surface area contributed by atoms with Gasteiger partial charge in [0.25, 0.3) is 0 Å². The van der Waals surface area contributed by atoms with Crippen molar-refractivity contribution in [3.8, 4) is 11.3 Å². The second-order valence-corrected chi connectivity index (χ2v) is 4.87. The van der Waals surface area contributed by atoms with Crippen LogP contribution in [0.25, 0.3) is 11.3 Å². The molecule has 2 aromatic rings. The zero-order chi connectivity index (χ0) is 13.3. The monoisotopic (exact) mass is 263 g/mol. The van der Waals surface area contributed by atoms with Crippen molar-refractivity contribution >= 4 is 17.4 Å². The summed E-state index contributed by atoms with van der Waals surface area (Å²) in [5, 5.41) is 4.53. The van der Waals surface area contributed by atoms with Gasteiger partial charge in [-0.1, -0.05) is 48.8 Å². The summed E-state index contributed by atoms with van der Waals surface area (Å²) in [6.45, 7) is 5.44. The van der Waals surface area contributed by atoms with Gasteiger partial charge in [-0.3, -0.25) is 4.79 Å². The van der Waals surface area contributed by atoms with Crippen molar-refractivity contribution < 1.29 is 9.32 Å². The van der Waals surface area contributed by atoms with Crippen LogP contribution in [0.15, 0.2) is 28.8 Å². The number of Topliss-reactive ketones (excluding diaryl/α,β-unsaturated/α-hetero) is 1. The maximum Gasteiger partial charge on any atom is 0.171 e. The Labute approximate surface area is 111 Å². The number of halogens is 1. The average molecular weight is 264 g/mol. The Morgan fingerprint density at radius 1 is 1.33 bits per heavy atom. The molecule has 0 atom stereocenters. The lowest BCUT2D eigenvalue weighted by atomic mass is 9.96. The molecular weight excluding hydrogens is 250 g/mol. The third-order valence-electron chi connectivity index (χ3n) is 2.76. The average Bonchev–Trinajstić information content (AvgIpc) is 2.70. The number of aromatic nitrogens is 1. The second-order valence-electron chi connectivity index (χ2n) is 4.46. The van der Waals surface area contributed by atoms with Crippen molar-refractivity contribution in [2.45, 2.75) is 20.8 Å². The Morgan fingerprint density at radius 2 is 2.00 bits per heavy atom. The van der Waals surface area contributed by atoms with Crippen LogP contribution in [0.5, 0.6) is 0 Å². The number of hydrogen-bond donors (Lipinski definition) is 0. The van der Waals surface area contributed by atoms with Gasteiger partial charge in [0, 0.05) is 11.5 Å². The highest BCUT2D eigenvalue weighted by Gasteiger charge is 2.24. The lowest BCUT2D eigenvalue weighted by Gasteiger charge is -2.05. The molecule has 0 aliphatic heterocycles. The summed E-state index contributed by atoms with van der Waals surface area (Å²) < 4.78 is 5.15. The number of hydrogen-bond acceptors (Lipinski definition) is 3.